The summed E-state index contributed by atoms with van der Waals surface area (Å²) in [5, 5.41) is 10.7. The van der Waals surface area contributed by atoms with Crippen LogP contribution in [0.4, 0.5) is 4.79 Å². The van der Waals surface area contributed by atoms with Crippen LogP contribution in [0.3, 0.4) is 0 Å². The van der Waals surface area contributed by atoms with Crippen molar-refractivity contribution in [3.05, 3.63) is 36.4 Å². The van der Waals surface area contributed by atoms with E-state index >= 15 is 0 Å². The van der Waals surface area contributed by atoms with Crippen molar-refractivity contribution in [1.29, 1.82) is 5.26 Å². The van der Waals surface area contributed by atoms with Crippen LogP contribution in [0.15, 0.2) is 35.8 Å². The maximum absolute atomic E-state index is 11.9. The van der Waals surface area contributed by atoms with Crippen LogP contribution in [-0.4, -0.2) is 43.9 Å². The highest BCUT2D eigenvalue weighted by Gasteiger charge is 2.19. The quantitative estimate of drug-likeness (QED) is 0.192. The number of rotatable bonds is 12. The maximum atomic E-state index is 11.9. The summed E-state index contributed by atoms with van der Waals surface area (Å²) in [6.07, 6.45) is 5.17. The van der Waals surface area contributed by atoms with Crippen LogP contribution >= 0.6 is 0 Å². The molecular formula is C19H21N3O6. The summed E-state index contributed by atoms with van der Waals surface area (Å²) in [5.74, 6) is -0.333. The molecule has 0 fully saturated rings. The Morgan fingerprint density at radius 1 is 1.25 bits per heavy atom. The molecule has 0 bridgehead atoms. The van der Waals surface area contributed by atoms with Crippen molar-refractivity contribution in [3.63, 3.8) is 0 Å². The Balaban J connectivity index is 2.28. The number of unbranched alkanes of at least 4 members (excludes halogenated alkanes) is 1. The number of ether oxygens (including phenoxy) is 3. The van der Waals surface area contributed by atoms with Crippen LogP contribution in [0.25, 0.3) is 6.08 Å². The molecule has 0 saturated carbocycles. The first-order valence-electron chi connectivity index (χ1n) is 8.53. The van der Waals surface area contributed by atoms with E-state index in [9.17, 15) is 14.4 Å². The molecule has 1 aromatic rings. The van der Waals surface area contributed by atoms with Crippen LogP contribution in [0.5, 0.6) is 5.75 Å². The number of esters is 1. The van der Waals surface area contributed by atoms with Gasteiger partial charge in [0.25, 0.3) is 6.26 Å². The van der Waals surface area contributed by atoms with Gasteiger partial charge in [-0.15, -0.1) is 0 Å². The third-order valence-electron chi connectivity index (χ3n) is 3.46. The number of nitrogens with one attached hydrogen (secondary N) is 1. The van der Waals surface area contributed by atoms with E-state index < -0.39 is 18.1 Å². The van der Waals surface area contributed by atoms with Gasteiger partial charge in [0.2, 0.25) is 6.08 Å². The molecule has 0 aliphatic heterocycles. The molecule has 0 spiro atoms. The van der Waals surface area contributed by atoms with E-state index in [1.165, 1.54) is 6.08 Å². The minimum absolute atomic E-state index is 0.0306. The summed E-state index contributed by atoms with van der Waals surface area (Å²) >= 11 is 0. The third kappa shape index (κ3) is 9.17. The molecule has 1 N–H and O–H groups in total. The monoisotopic (exact) mass is 387 g/mol. The van der Waals surface area contributed by atoms with Gasteiger partial charge in [-0.1, -0.05) is 24.8 Å². The van der Waals surface area contributed by atoms with Crippen LogP contribution < -0.4 is 10.1 Å². The molecule has 1 atom stereocenters. The van der Waals surface area contributed by atoms with Gasteiger partial charge in [0.1, 0.15) is 19.0 Å². The lowest BCUT2D eigenvalue weighted by Gasteiger charge is -2.11. The van der Waals surface area contributed by atoms with Gasteiger partial charge in [-0.2, -0.15) is 10.3 Å². The number of benzene rings is 1. The highest BCUT2D eigenvalue weighted by Crippen LogP contribution is 2.12. The molecule has 28 heavy (non-hydrogen) atoms. The second-order valence-electron chi connectivity index (χ2n) is 5.43. The number of nitrogens with zero attached hydrogens (tertiary/aromatic N) is 2. The Kier molecular flexibility index (Phi) is 10.9. The van der Waals surface area contributed by atoms with E-state index in [4.69, 9.17) is 14.7 Å². The number of nitriles is 1. The minimum atomic E-state index is -0.977. The molecule has 1 amide bonds. The van der Waals surface area contributed by atoms with E-state index in [-0.39, 0.29) is 26.2 Å². The van der Waals surface area contributed by atoms with Gasteiger partial charge in [-0.25, -0.2) is 14.4 Å². The Morgan fingerprint density at radius 3 is 2.64 bits per heavy atom. The van der Waals surface area contributed by atoms with Crippen molar-refractivity contribution >= 4 is 24.2 Å². The molecule has 9 nitrogen and oxygen atoms in total. The number of carbonyl (C=O) groups is 2. The third-order valence-corrected chi connectivity index (χ3v) is 3.46. The molecule has 0 heterocycles. The van der Waals surface area contributed by atoms with Crippen molar-refractivity contribution in [1.82, 2.24) is 5.32 Å². The summed E-state index contributed by atoms with van der Waals surface area (Å²) in [7, 11) is 0. The van der Waals surface area contributed by atoms with E-state index in [0.29, 0.717) is 18.6 Å². The van der Waals surface area contributed by atoms with Crippen molar-refractivity contribution in [2.45, 2.75) is 25.3 Å². The average molecular weight is 387 g/mol. The van der Waals surface area contributed by atoms with E-state index in [1.54, 1.807) is 36.6 Å². The second-order valence-corrected chi connectivity index (χ2v) is 5.43. The van der Waals surface area contributed by atoms with E-state index in [0.717, 1.165) is 5.56 Å². The zero-order valence-corrected chi connectivity index (χ0v) is 15.3. The number of hydrogen-bond donors (Lipinski definition) is 1. The van der Waals surface area contributed by atoms with Gasteiger partial charge in [0.15, 0.2) is 6.04 Å². The van der Waals surface area contributed by atoms with Crippen molar-refractivity contribution in [3.8, 4) is 12.0 Å². The Hall–Kier alpha value is -3.63. The highest BCUT2D eigenvalue weighted by molar-refractivity contribution is 5.77. The van der Waals surface area contributed by atoms with Gasteiger partial charge in [-0.3, -0.25) is 0 Å². The standard InChI is InChI=1S/C19H21N3O6/c1-2-15-6-8-16(9-7-15)28-19(25)21-10-12-27-18(24)17(22-14-23)5-3-4-11-26-13-20/h2,6-9,17H,1,3-5,10-12H2,(H,21,25). The average Bonchev–Trinajstić information content (AvgIpc) is 2.70. The zero-order valence-electron chi connectivity index (χ0n) is 15.3. The first-order chi connectivity index (χ1) is 13.6. The van der Waals surface area contributed by atoms with Gasteiger partial charge >= 0.3 is 12.1 Å². The maximum Gasteiger partial charge on any atom is 0.412 e. The van der Waals surface area contributed by atoms with Crippen LogP contribution in [0.2, 0.25) is 0 Å². The summed E-state index contributed by atoms with van der Waals surface area (Å²) in [6.45, 7) is 3.78. The number of amides is 1. The Bertz CT molecular complexity index is 735. The summed E-state index contributed by atoms with van der Waals surface area (Å²) in [5.41, 5.74) is 0.893. The largest absolute Gasteiger partial charge is 0.462 e. The molecule has 0 saturated heterocycles. The lowest BCUT2D eigenvalue weighted by Crippen LogP contribution is -2.32. The fourth-order valence-corrected chi connectivity index (χ4v) is 2.07. The van der Waals surface area contributed by atoms with Gasteiger partial charge in [0, 0.05) is 0 Å². The number of isocyanates is 1. The molecule has 1 aromatic carbocycles. The molecule has 0 aliphatic carbocycles. The van der Waals surface area contributed by atoms with E-state index in [2.05, 4.69) is 21.6 Å². The fraction of sp³-hybridized carbons (Fsp3) is 0.368. The Labute approximate surface area is 162 Å². The van der Waals surface area contributed by atoms with Gasteiger partial charge in [-0.05, 0) is 37.0 Å². The zero-order chi connectivity index (χ0) is 20.6. The summed E-state index contributed by atoms with van der Waals surface area (Å²) in [6, 6.07) is 5.77. The topological polar surface area (TPSA) is 127 Å². The minimum Gasteiger partial charge on any atom is -0.462 e. The van der Waals surface area contributed by atoms with Crippen molar-refractivity contribution in [2.24, 2.45) is 4.99 Å². The SMILES string of the molecule is C=Cc1ccc(OC(=O)NCCOC(=O)C(CCCCOC#N)N=C=O)cc1. The molecule has 0 aliphatic rings. The number of aliphatic imine (C=N–C) groups is 1. The molecule has 148 valence electrons. The first-order valence-corrected chi connectivity index (χ1v) is 8.53. The highest BCUT2D eigenvalue weighted by atomic mass is 16.6. The molecule has 1 rings (SSSR count). The first kappa shape index (κ1) is 22.4. The fourth-order valence-electron chi connectivity index (χ4n) is 2.07. The summed E-state index contributed by atoms with van der Waals surface area (Å²) in [4.78, 5) is 37.5. The van der Waals surface area contributed by atoms with Crippen LogP contribution in [0.1, 0.15) is 24.8 Å². The molecular weight excluding hydrogens is 366 g/mol. The molecule has 1 unspecified atom stereocenters. The molecule has 0 radical (unpaired) electrons. The number of carbonyl (C=O) groups excluding carboxylic acids is 3. The van der Waals surface area contributed by atoms with Gasteiger partial charge in [0.05, 0.1) is 6.54 Å². The predicted octanol–water partition coefficient (Wildman–Crippen LogP) is 2.33. The normalized spacial score (nSPS) is 10.5. The smallest absolute Gasteiger partial charge is 0.412 e. The van der Waals surface area contributed by atoms with E-state index in [1.807, 2.05) is 0 Å². The second kappa shape index (κ2) is 13.6. The Morgan fingerprint density at radius 2 is 2.00 bits per heavy atom. The van der Waals surface area contributed by atoms with Gasteiger partial charge < -0.3 is 19.5 Å². The van der Waals surface area contributed by atoms with Crippen molar-refractivity contribution < 1.29 is 28.6 Å². The summed E-state index contributed by atoms with van der Waals surface area (Å²) < 4.78 is 14.6. The lowest BCUT2D eigenvalue weighted by atomic mass is 10.1. The number of hydrogen-bond acceptors (Lipinski definition) is 8. The van der Waals surface area contributed by atoms with Crippen molar-refractivity contribution in [2.75, 3.05) is 19.8 Å². The predicted molar refractivity (Wildman–Crippen MR) is 98.8 cm³/mol. The van der Waals surface area contributed by atoms with Crippen LogP contribution in [-0.2, 0) is 19.1 Å². The lowest BCUT2D eigenvalue weighted by molar-refractivity contribution is -0.145. The molecule has 0 aromatic heterocycles. The molecule has 9 heteroatoms. The van der Waals surface area contributed by atoms with Crippen LogP contribution in [0, 0.1) is 11.5 Å².